The minimum atomic E-state index is -1.00. The number of carboxylic acid groups (broad SMARTS) is 1. The van der Waals surface area contributed by atoms with Crippen molar-refractivity contribution in [2.45, 2.75) is 25.3 Å². The third-order valence-corrected chi connectivity index (χ3v) is 7.43. The van der Waals surface area contributed by atoms with Crippen LogP contribution in [0.4, 0.5) is 5.69 Å². The molecule has 2 fully saturated rings. The van der Waals surface area contributed by atoms with Crippen LogP contribution in [-0.2, 0) is 28.6 Å². The second-order valence-electron chi connectivity index (χ2n) is 10.3. The number of benzene rings is 1. The van der Waals surface area contributed by atoms with E-state index in [1.165, 1.54) is 0 Å². The van der Waals surface area contributed by atoms with Gasteiger partial charge >= 0.3 is 5.97 Å². The predicted molar refractivity (Wildman–Crippen MR) is 149 cm³/mol. The maximum atomic E-state index is 13.1. The number of piperazine rings is 1. The number of imide groups is 2. The number of nitrogens with one attached hydrogen (secondary N) is 2. The SMILES string of the molecule is O=C(O)CCOCCN1CCN(CCOCCOCCNc2cccc3c2C(=O)N(C2CCC(=O)NC2=O)C3=O)CC1. The molecule has 0 aliphatic carbocycles. The minimum Gasteiger partial charge on any atom is -0.481 e. The average Bonchev–Trinajstić information content (AvgIpc) is 3.22. The highest BCUT2D eigenvalue weighted by atomic mass is 16.5. The fourth-order valence-electron chi connectivity index (χ4n) is 5.13. The van der Waals surface area contributed by atoms with Crippen LogP contribution in [0.5, 0.6) is 0 Å². The standard InChI is InChI=1S/C28H39N5O9/c34-23-5-4-22(26(37)30-23)33-27(38)20-2-1-3-21(25(20)28(33)39)29-7-15-41-18-19-42-17-13-32-10-8-31(9-11-32)12-16-40-14-6-24(35)36/h1-3,22,29H,4-19H2,(H,35,36)(H,30,34,37). The number of aliphatic carboxylic acids is 1. The molecule has 0 bridgehead atoms. The Morgan fingerprint density at radius 2 is 1.52 bits per heavy atom. The molecule has 0 spiro atoms. The molecule has 3 N–H and O–H groups in total. The number of amides is 4. The van der Waals surface area contributed by atoms with Crippen LogP contribution in [0.2, 0.25) is 0 Å². The molecule has 1 aromatic carbocycles. The van der Waals surface area contributed by atoms with Crippen LogP contribution in [-0.4, -0.2) is 141 Å². The number of piperidine rings is 1. The van der Waals surface area contributed by atoms with Crippen LogP contribution in [0.1, 0.15) is 40.0 Å². The van der Waals surface area contributed by atoms with Crippen LogP contribution >= 0.6 is 0 Å². The monoisotopic (exact) mass is 589 g/mol. The van der Waals surface area contributed by atoms with Gasteiger partial charge in [0.25, 0.3) is 11.8 Å². The van der Waals surface area contributed by atoms with Gasteiger partial charge in [0.2, 0.25) is 11.8 Å². The summed E-state index contributed by atoms with van der Waals surface area (Å²) in [6.45, 7) is 8.48. The smallest absolute Gasteiger partial charge is 0.305 e. The highest BCUT2D eigenvalue weighted by Crippen LogP contribution is 2.32. The third kappa shape index (κ3) is 8.55. The summed E-state index contributed by atoms with van der Waals surface area (Å²) in [4.78, 5) is 65.9. The van der Waals surface area contributed by atoms with Gasteiger partial charge in [-0.1, -0.05) is 6.07 Å². The normalized spacial score (nSPS) is 19.7. The van der Waals surface area contributed by atoms with Crippen LogP contribution < -0.4 is 10.6 Å². The van der Waals surface area contributed by atoms with Crippen LogP contribution in [0, 0.1) is 0 Å². The van der Waals surface area contributed by atoms with Gasteiger partial charge in [0.05, 0.1) is 57.2 Å². The number of hydrogen-bond donors (Lipinski definition) is 3. The summed E-state index contributed by atoms with van der Waals surface area (Å²) < 4.78 is 16.7. The van der Waals surface area contributed by atoms with Crippen molar-refractivity contribution < 1.29 is 43.3 Å². The second-order valence-corrected chi connectivity index (χ2v) is 10.3. The van der Waals surface area contributed by atoms with Crippen molar-refractivity contribution in [1.29, 1.82) is 0 Å². The first kappa shape index (κ1) is 31.5. The van der Waals surface area contributed by atoms with E-state index in [2.05, 4.69) is 20.4 Å². The highest BCUT2D eigenvalue weighted by molar-refractivity contribution is 6.25. The molecule has 0 saturated carbocycles. The summed E-state index contributed by atoms with van der Waals surface area (Å²) in [5.74, 6) is -2.98. The van der Waals surface area contributed by atoms with Gasteiger partial charge < -0.3 is 24.6 Å². The van der Waals surface area contributed by atoms with Gasteiger partial charge in [0, 0.05) is 57.9 Å². The first-order valence-corrected chi connectivity index (χ1v) is 14.3. The molecular formula is C28H39N5O9. The van der Waals surface area contributed by atoms with Gasteiger partial charge in [0.1, 0.15) is 6.04 Å². The topological polar surface area (TPSA) is 167 Å². The molecule has 230 valence electrons. The van der Waals surface area contributed by atoms with E-state index in [1.54, 1.807) is 18.2 Å². The lowest BCUT2D eigenvalue weighted by Crippen LogP contribution is -2.54. The number of carbonyl (C=O) groups is 5. The van der Waals surface area contributed by atoms with Gasteiger partial charge in [0.15, 0.2) is 0 Å². The lowest BCUT2D eigenvalue weighted by atomic mass is 10.0. The Labute approximate surface area is 244 Å². The van der Waals surface area contributed by atoms with Crippen molar-refractivity contribution in [2.24, 2.45) is 0 Å². The zero-order valence-corrected chi connectivity index (χ0v) is 23.7. The molecular weight excluding hydrogens is 550 g/mol. The van der Waals surface area contributed by atoms with E-state index >= 15 is 0 Å². The number of nitrogens with zero attached hydrogens (tertiary/aromatic N) is 3. The zero-order valence-electron chi connectivity index (χ0n) is 23.7. The Hall–Kier alpha value is -3.43. The van der Waals surface area contributed by atoms with Crippen molar-refractivity contribution in [1.82, 2.24) is 20.0 Å². The molecule has 0 radical (unpaired) electrons. The molecule has 42 heavy (non-hydrogen) atoms. The summed E-state index contributed by atoms with van der Waals surface area (Å²) >= 11 is 0. The highest BCUT2D eigenvalue weighted by Gasteiger charge is 2.45. The fraction of sp³-hybridized carbons (Fsp3) is 0.607. The summed E-state index contributed by atoms with van der Waals surface area (Å²) in [6, 6.07) is 3.94. The van der Waals surface area contributed by atoms with Gasteiger partial charge in [-0.05, 0) is 18.6 Å². The largest absolute Gasteiger partial charge is 0.481 e. The molecule has 0 aromatic heterocycles. The maximum Gasteiger partial charge on any atom is 0.305 e. The van der Waals surface area contributed by atoms with Crippen molar-refractivity contribution in [3.8, 4) is 0 Å². The van der Waals surface area contributed by atoms with Crippen molar-refractivity contribution in [3.05, 3.63) is 29.3 Å². The van der Waals surface area contributed by atoms with E-state index in [0.29, 0.717) is 45.3 Å². The molecule has 3 aliphatic rings. The van der Waals surface area contributed by atoms with E-state index in [9.17, 15) is 24.0 Å². The molecule has 4 rings (SSSR count). The number of rotatable bonds is 17. The molecule has 1 unspecified atom stereocenters. The second kappa shape index (κ2) is 15.7. The number of anilines is 1. The lowest BCUT2D eigenvalue weighted by Gasteiger charge is -2.34. The molecule has 1 atom stereocenters. The predicted octanol–water partition coefficient (Wildman–Crippen LogP) is -0.358. The van der Waals surface area contributed by atoms with Gasteiger partial charge in [-0.15, -0.1) is 0 Å². The van der Waals surface area contributed by atoms with Crippen molar-refractivity contribution >= 4 is 35.3 Å². The Kier molecular flexibility index (Phi) is 11.8. The van der Waals surface area contributed by atoms with E-state index in [4.69, 9.17) is 19.3 Å². The Morgan fingerprint density at radius 1 is 0.881 bits per heavy atom. The van der Waals surface area contributed by atoms with Gasteiger partial charge in [-0.3, -0.25) is 44.0 Å². The average molecular weight is 590 g/mol. The number of carbonyl (C=O) groups excluding carboxylic acids is 4. The summed E-state index contributed by atoms with van der Waals surface area (Å²) in [5.41, 5.74) is 0.944. The van der Waals surface area contributed by atoms with Crippen LogP contribution in [0.15, 0.2) is 18.2 Å². The zero-order chi connectivity index (χ0) is 29.9. The molecule has 2 saturated heterocycles. The van der Waals surface area contributed by atoms with E-state index in [-0.39, 0.29) is 37.0 Å². The Morgan fingerprint density at radius 3 is 2.17 bits per heavy atom. The Balaban J connectivity index is 1.06. The van der Waals surface area contributed by atoms with Gasteiger partial charge in [-0.25, -0.2) is 0 Å². The molecule has 4 amide bonds. The van der Waals surface area contributed by atoms with E-state index in [0.717, 1.165) is 44.2 Å². The number of ether oxygens (including phenoxy) is 3. The number of fused-ring (bicyclic) bond motifs is 1. The summed E-state index contributed by atoms with van der Waals surface area (Å²) in [6.07, 6.45) is 0.216. The quantitative estimate of drug-likeness (QED) is 0.160. The lowest BCUT2D eigenvalue weighted by molar-refractivity contribution is -0.138. The van der Waals surface area contributed by atoms with E-state index < -0.39 is 35.6 Å². The molecule has 14 nitrogen and oxygen atoms in total. The number of hydrogen-bond acceptors (Lipinski definition) is 11. The summed E-state index contributed by atoms with van der Waals surface area (Å²) in [7, 11) is 0. The molecule has 1 aromatic rings. The molecule has 3 heterocycles. The molecule has 3 aliphatic heterocycles. The van der Waals surface area contributed by atoms with Gasteiger partial charge in [-0.2, -0.15) is 0 Å². The van der Waals surface area contributed by atoms with Crippen molar-refractivity contribution in [2.75, 3.05) is 90.8 Å². The third-order valence-electron chi connectivity index (χ3n) is 7.43. The fourth-order valence-corrected chi connectivity index (χ4v) is 5.13. The first-order valence-electron chi connectivity index (χ1n) is 14.3. The molecule has 14 heteroatoms. The minimum absolute atomic E-state index is 0.0327. The van der Waals surface area contributed by atoms with Crippen molar-refractivity contribution in [3.63, 3.8) is 0 Å². The summed E-state index contributed by atoms with van der Waals surface area (Å²) in [5, 5.41) is 14.0. The van der Waals surface area contributed by atoms with Crippen LogP contribution in [0.3, 0.4) is 0 Å². The first-order chi connectivity index (χ1) is 20.3. The van der Waals surface area contributed by atoms with Crippen LogP contribution in [0.25, 0.3) is 0 Å². The maximum absolute atomic E-state index is 13.1. The van der Waals surface area contributed by atoms with E-state index in [1.807, 2.05) is 0 Å². The number of carboxylic acids is 1. The Bertz CT molecular complexity index is 1140.